The summed E-state index contributed by atoms with van der Waals surface area (Å²) in [5, 5.41) is 7.35. The standard InChI is InChI=1S/C25H21N7O2/c1-15-16(2)31-32(17(15)3)23-12-24(28-14-27-23)34-19-10-8-18(9-11-19)29-25(33)22-13-26-20-6-4-5-7-21(20)30-22/h4-14H,1-3H3,(H,29,33). The number of benzene rings is 2. The number of rotatable bonds is 5. The Labute approximate surface area is 195 Å². The number of ether oxygens (including phenoxy) is 1. The van der Waals surface area contributed by atoms with Crippen LogP contribution in [0.5, 0.6) is 11.6 Å². The summed E-state index contributed by atoms with van der Waals surface area (Å²) in [4.78, 5) is 29.7. The molecule has 9 heteroatoms. The number of anilines is 1. The lowest BCUT2D eigenvalue weighted by Crippen LogP contribution is -2.14. The molecule has 0 fully saturated rings. The predicted octanol–water partition coefficient (Wildman–Crippen LogP) is 4.58. The number of aryl methyl sites for hydroxylation is 1. The molecule has 1 N–H and O–H groups in total. The van der Waals surface area contributed by atoms with Gasteiger partial charge in [-0.3, -0.25) is 9.78 Å². The van der Waals surface area contributed by atoms with Crippen molar-refractivity contribution >= 4 is 22.6 Å². The molecular formula is C25H21N7O2. The Kier molecular flexibility index (Phi) is 5.43. The van der Waals surface area contributed by atoms with E-state index in [-0.39, 0.29) is 11.6 Å². The van der Waals surface area contributed by atoms with Crippen LogP contribution in [0.1, 0.15) is 27.4 Å². The van der Waals surface area contributed by atoms with Gasteiger partial charge in [-0.05, 0) is 62.7 Å². The Hall–Kier alpha value is -4.66. The van der Waals surface area contributed by atoms with Gasteiger partial charge in [0.1, 0.15) is 17.8 Å². The molecule has 0 aliphatic heterocycles. The lowest BCUT2D eigenvalue weighted by Gasteiger charge is -2.09. The van der Waals surface area contributed by atoms with E-state index < -0.39 is 0 Å². The van der Waals surface area contributed by atoms with Crippen molar-refractivity contribution in [3.63, 3.8) is 0 Å². The van der Waals surface area contributed by atoms with Crippen molar-refractivity contribution in [2.75, 3.05) is 5.32 Å². The van der Waals surface area contributed by atoms with E-state index in [0.717, 1.165) is 22.5 Å². The molecule has 0 radical (unpaired) electrons. The highest BCUT2D eigenvalue weighted by molar-refractivity contribution is 6.03. The smallest absolute Gasteiger partial charge is 0.275 e. The molecule has 0 aliphatic carbocycles. The Morgan fingerprint density at radius 2 is 1.71 bits per heavy atom. The molecule has 9 nitrogen and oxygen atoms in total. The zero-order valence-electron chi connectivity index (χ0n) is 18.9. The summed E-state index contributed by atoms with van der Waals surface area (Å²) < 4.78 is 7.65. The van der Waals surface area contributed by atoms with Gasteiger partial charge in [-0.1, -0.05) is 12.1 Å². The molecule has 0 unspecified atom stereocenters. The number of para-hydroxylation sites is 2. The summed E-state index contributed by atoms with van der Waals surface area (Å²) in [6, 6.07) is 16.1. The second-order valence-corrected chi connectivity index (χ2v) is 7.75. The van der Waals surface area contributed by atoms with Crippen LogP contribution in [0, 0.1) is 20.8 Å². The number of amides is 1. The summed E-state index contributed by atoms with van der Waals surface area (Å²) in [6.07, 6.45) is 2.90. The molecule has 0 aliphatic rings. The van der Waals surface area contributed by atoms with Crippen LogP contribution in [0.4, 0.5) is 5.69 Å². The van der Waals surface area contributed by atoms with E-state index in [4.69, 9.17) is 4.74 Å². The molecule has 0 atom stereocenters. The molecule has 1 amide bonds. The van der Waals surface area contributed by atoms with Crippen LogP contribution in [0.25, 0.3) is 16.9 Å². The van der Waals surface area contributed by atoms with Gasteiger partial charge in [0.05, 0.1) is 22.9 Å². The normalized spacial score (nSPS) is 10.9. The number of hydrogen-bond acceptors (Lipinski definition) is 7. The van der Waals surface area contributed by atoms with Gasteiger partial charge in [0.25, 0.3) is 5.91 Å². The molecule has 2 aromatic carbocycles. The Morgan fingerprint density at radius 3 is 2.44 bits per heavy atom. The van der Waals surface area contributed by atoms with Crippen molar-refractivity contribution in [3.8, 4) is 17.4 Å². The zero-order valence-corrected chi connectivity index (χ0v) is 18.9. The average Bonchev–Trinajstić information content (AvgIpc) is 3.12. The summed E-state index contributed by atoms with van der Waals surface area (Å²) in [5.74, 6) is 1.24. The molecule has 3 aromatic heterocycles. The maximum atomic E-state index is 12.6. The second kappa shape index (κ2) is 8.70. The van der Waals surface area contributed by atoms with Crippen LogP contribution in [0.3, 0.4) is 0 Å². The lowest BCUT2D eigenvalue weighted by atomic mass is 10.2. The number of aromatic nitrogens is 6. The van der Waals surface area contributed by atoms with E-state index in [1.165, 1.54) is 12.5 Å². The van der Waals surface area contributed by atoms with Crippen LogP contribution in [0.2, 0.25) is 0 Å². The number of fused-ring (bicyclic) bond motifs is 1. The molecule has 3 heterocycles. The topological polar surface area (TPSA) is 108 Å². The Morgan fingerprint density at radius 1 is 0.941 bits per heavy atom. The van der Waals surface area contributed by atoms with E-state index >= 15 is 0 Å². The van der Waals surface area contributed by atoms with E-state index in [0.29, 0.717) is 28.7 Å². The highest BCUT2D eigenvalue weighted by atomic mass is 16.5. The van der Waals surface area contributed by atoms with E-state index in [2.05, 4.69) is 30.4 Å². The molecule has 0 saturated heterocycles. The highest BCUT2D eigenvalue weighted by Gasteiger charge is 2.12. The van der Waals surface area contributed by atoms with Crippen LogP contribution in [-0.2, 0) is 0 Å². The molecule has 0 spiro atoms. The van der Waals surface area contributed by atoms with Crippen LogP contribution >= 0.6 is 0 Å². The fourth-order valence-electron chi connectivity index (χ4n) is 3.43. The first-order valence-electron chi connectivity index (χ1n) is 10.6. The van der Waals surface area contributed by atoms with Crippen LogP contribution in [-0.4, -0.2) is 35.6 Å². The van der Waals surface area contributed by atoms with Gasteiger partial charge >= 0.3 is 0 Å². The maximum absolute atomic E-state index is 12.6. The van der Waals surface area contributed by atoms with E-state index in [1.54, 1.807) is 35.0 Å². The summed E-state index contributed by atoms with van der Waals surface area (Å²) in [6.45, 7) is 5.98. The van der Waals surface area contributed by atoms with Gasteiger partial charge in [0, 0.05) is 17.4 Å². The van der Waals surface area contributed by atoms with Crippen LogP contribution < -0.4 is 10.1 Å². The van der Waals surface area contributed by atoms with Crippen molar-refractivity contribution in [1.29, 1.82) is 0 Å². The minimum atomic E-state index is -0.340. The maximum Gasteiger partial charge on any atom is 0.275 e. The van der Waals surface area contributed by atoms with Gasteiger partial charge in [-0.2, -0.15) is 5.10 Å². The van der Waals surface area contributed by atoms with Gasteiger partial charge in [-0.15, -0.1) is 0 Å². The molecule has 0 bridgehead atoms. The highest BCUT2D eigenvalue weighted by Crippen LogP contribution is 2.24. The Balaban J connectivity index is 1.29. The van der Waals surface area contributed by atoms with Gasteiger partial charge in [0.2, 0.25) is 5.88 Å². The summed E-state index contributed by atoms with van der Waals surface area (Å²) in [5.41, 5.74) is 5.33. The van der Waals surface area contributed by atoms with Gasteiger partial charge in [-0.25, -0.2) is 19.6 Å². The fourth-order valence-corrected chi connectivity index (χ4v) is 3.43. The molecule has 5 aromatic rings. The van der Waals surface area contributed by atoms with Crippen molar-refractivity contribution < 1.29 is 9.53 Å². The second-order valence-electron chi connectivity index (χ2n) is 7.75. The quantitative estimate of drug-likeness (QED) is 0.417. The monoisotopic (exact) mass is 451 g/mol. The number of carbonyl (C=O) groups is 1. The van der Waals surface area contributed by atoms with Crippen molar-refractivity contribution in [2.24, 2.45) is 0 Å². The number of nitrogens with zero attached hydrogens (tertiary/aromatic N) is 6. The van der Waals surface area contributed by atoms with Gasteiger partial charge in [0.15, 0.2) is 5.82 Å². The first kappa shape index (κ1) is 21.2. The lowest BCUT2D eigenvalue weighted by molar-refractivity contribution is 0.102. The minimum absolute atomic E-state index is 0.243. The summed E-state index contributed by atoms with van der Waals surface area (Å²) in [7, 11) is 0. The van der Waals surface area contributed by atoms with E-state index in [1.807, 2.05) is 45.0 Å². The first-order chi connectivity index (χ1) is 16.5. The Bertz CT molecular complexity index is 1510. The van der Waals surface area contributed by atoms with Gasteiger partial charge < -0.3 is 10.1 Å². The molecular weight excluding hydrogens is 430 g/mol. The third kappa shape index (κ3) is 4.18. The number of hydrogen-bond donors (Lipinski definition) is 1. The summed E-state index contributed by atoms with van der Waals surface area (Å²) >= 11 is 0. The van der Waals surface area contributed by atoms with Crippen LogP contribution in [0.15, 0.2) is 67.1 Å². The predicted molar refractivity (Wildman–Crippen MR) is 127 cm³/mol. The third-order valence-corrected chi connectivity index (χ3v) is 5.51. The molecule has 0 saturated carbocycles. The largest absolute Gasteiger partial charge is 0.439 e. The fraction of sp³-hybridized carbons (Fsp3) is 0.120. The molecule has 5 rings (SSSR count). The van der Waals surface area contributed by atoms with Crippen molar-refractivity contribution in [3.05, 3.63) is 89.8 Å². The molecule has 168 valence electrons. The minimum Gasteiger partial charge on any atom is -0.439 e. The first-order valence-corrected chi connectivity index (χ1v) is 10.6. The third-order valence-electron chi connectivity index (χ3n) is 5.51. The number of nitrogens with one attached hydrogen (secondary N) is 1. The molecule has 34 heavy (non-hydrogen) atoms. The zero-order chi connectivity index (χ0) is 23.7. The number of carbonyl (C=O) groups excluding carboxylic acids is 1. The van der Waals surface area contributed by atoms with E-state index in [9.17, 15) is 4.79 Å². The SMILES string of the molecule is Cc1nn(-c2cc(Oc3ccc(NC(=O)c4cnc5ccccc5n4)cc3)ncn2)c(C)c1C. The van der Waals surface area contributed by atoms with Crippen molar-refractivity contribution in [2.45, 2.75) is 20.8 Å². The average molecular weight is 451 g/mol. The van der Waals surface area contributed by atoms with Crippen molar-refractivity contribution in [1.82, 2.24) is 29.7 Å².